The Morgan fingerprint density at radius 3 is 2.70 bits per heavy atom. The smallest absolute Gasteiger partial charge is 0.268 e. The van der Waals surface area contributed by atoms with Gasteiger partial charge in [0.25, 0.3) is 5.91 Å². The second kappa shape index (κ2) is 6.30. The molecule has 2 heterocycles. The first kappa shape index (κ1) is 15.4. The van der Waals surface area contributed by atoms with Crippen LogP contribution in [0.3, 0.4) is 0 Å². The highest BCUT2D eigenvalue weighted by Crippen LogP contribution is 2.18. The number of aryl methyl sites for hydroxylation is 1. The summed E-state index contributed by atoms with van der Waals surface area (Å²) in [5.41, 5.74) is 4.37. The molecule has 0 aliphatic rings. The molecule has 0 aliphatic heterocycles. The summed E-state index contributed by atoms with van der Waals surface area (Å²) in [7, 11) is 0. The number of hydrogen-bond acceptors (Lipinski definition) is 2. The minimum absolute atomic E-state index is 0.192. The van der Waals surface area contributed by atoms with E-state index in [1.54, 1.807) is 12.3 Å². The molecule has 5 nitrogen and oxygen atoms in total. The van der Waals surface area contributed by atoms with Crippen molar-refractivity contribution in [3.8, 4) is 5.69 Å². The summed E-state index contributed by atoms with van der Waals surface area (Å²) in [6.07, 6.45) is 1.58. The number of benzene rings is 1. The van der Waals surface area contributed by atoms with E-state index in [0.717, 1.165) is 22.6 Å². The van der Waals surface area contributed by atoms with E-state index >= 15 is 0 Å². The molecule has 118 valence electrons. The second-order valence-electron chi connectivity index (χ2n) is 5.31. The molecule has 0 aliphatic carbocycles. The Kier molecular flexibility index (Phi) is 4.21. The zero-order chi connectivity index (χ0) is 16.4. The summed E-state index contributed by atoms with van der Waals surface area (Å²) in [6, 6.07) is 11.5. The summed E-state index contributed by atoms with van der Waals surface area (Å²) < 4.78 is 1.89. The van der Waals surface area contributed by atoms with E-state index < -0.39 is 0 Å². The predicted molar refractivity (Wildman–Crippen MR) is 90.0 cm³/mol. The average molecular weight is 329 g/mol. The first-order valence-corrected chi connectivity index (χ1v) is 7.66. The van der Waals surface area contributed by atoms with Gasteiger partial charge in [0.05, 0.1) is 16.4 Å². The molecule has 0 bridgehead atoms. The summed E-state index contributed by atoms with van der Waals surface area (Å²) in [6.45, 7) is 4.36. The summed E-state index contributed by atoms with van der Waals surface area (Å²) in [4.78, 5) is 14.9. The van der Waals surface area contributed by atoms with E-state index in [-0.39, 0.29) is 5.91 Å². The van der Waals surface area contributed by atoms with Crippen molar-refractivity contribution in [2.24, 2.45) is 0 Å². The fourth-order valence-electron chi connectivity index (χ4n) is 2.51. The van der Waals surface area contributed by atoms with Crippen LogP contribution in [0.15, 0.2) is 42.6 Å². The van der Waals surface area contributed by atoms with Crippen molar-refractivity contribution >= 4 is 17.5 Å². The molecule has 2 N–H and O–H groups in total. The third kappa shape index (κ3) is 3.14. The number of para-hydroxylation sites is 1. The van der Waals surface area contributed by atoms with Crippen LogP contribution in [0.25, 0.3) is 5.69 Å². The summed E-state index contributed by atoms with van der Waals surface area (Å²) in [5, 5.41) is 7.98. The minimum atomic E-state index is -0.192. The van der Waals surface area contributed by atoms with E-state index in [9.17, 15) is 4.79 Å². The van der Waals surface area contributed by atoms with Crippen LogP contribution in [-0.4, -0.2) is 20.7 Å². The van der Waals surface area contributed by atoms with E-state index in [0.29, 0.717) is 17.3 Å². The maximum absolute atomic E-state index is 12.1. The maximum atomic E-state index is 12.1. The molecule has 0 radical (unpaired) electrons. The Hall–Kier alpha value is -2.53. The van der Waals surface area contributed by atoms with Gasteiger partial charge in [-0.1, -0.05) is 29.8 Å². The zero-order valence-corrected chi connectivity index (χ0v) is 13.7. The van der Waals surface area contributed by atoms with Crippen molar-refractivity contribution in [3.05, 3.63) is 70.3 Å². The van der Waals surface area contributed by atoms with Gasteiger partial charge in [-0.25, -0.2) is 4.68 Å². The molecular formula is C17H17ClN4O. The number of aromatic amines is 1. The molecule has 1 aromatic carbocycles. The molecule has 3 aromatic rings. The van der Waals surface area contributed by atoms with Crippen molar-refractivity contribution in [2.45, 2.75) is 20.4 Å². The highest BCUT2D eigenvalue weighted by Gasteiger charge is 2.14. The van der Waals surface area contributed by atoms with Gasteiger partial charge in [0.2, 0.25) is 0 Å². The van der Waals surface area contributed by atoms with Crippen molar-refractivity contribution in [3.63, 3.8) is 0 Å². The number of halogens is 1. The van der Waals surface area contributed by atoms with Crippen LogP contribution in [0.5, 0.6) is 0 Å². The van der Waals surface area contributed by atoms with Crippen LogP contribution in [0.2, 0.25) is 5.02 Å². The number of nitrogens with one attached hydrogen (secondary N) is 2. The fourth-order valence-corrected chi connectivity index (χ4v) is 2.68. The number of rotatable bonds is 4. The molecule has 6 heteroatoms. The molecular weight excluding hydrogens is 312 g/mol. The molecule has 1 amide bonds. The summed E-state index contributed by atoms with van der Waals surface area (Å²) >= 11 is 5.82. The van der Waals surface area contributed by atoms with Gasteiger partial charge >= 0.3 is 0 Å². The van der Waals surface area contributed by atoms with Crippen LogP contribution >= 0.6 is 11.6 Å². The lowest BCUT2D eigenvalue weighted by Gasteiger charge is -2.06. The Balaban J connectivity index is 1.79. The number of amides is 1. The average Bonchev–Trinajstić information content (AvgIpc) is 3.10. The largest absolute Gasteiger partial charge is 0.356 e. The molecule has 3 rings (SSSR count). The molecule has 0 saturated heterocycles. The van der Waals surface area contributed by atoms with Gasteiger partial charge in [0.1, 0.15) is 5.69 Å². The van der Waals surface area contributed by atoms with Crippen LogP contribution in [0, 0.1) is 13.8 Å². The molecule has 2 aromatic heterocycles. The fraction of sp³-hybridized carbons (Fsp3) is 0.176. The van der Waals surface area contributed by atoms with Crippen LogP contribution in [0.4, 0.5) is 0 Å². The molecule has 23 heavy (non-hydrogen) atoms. The standard InChI is InChI=1S/C17H17ClN4O/c1-11-15(10-20-17(23)16-8-13(18)9-19-16)12(2)22(21-11)14-6-4-3-5-7-14/h3-9,19H,10H2,1-2H3,(H,20,23). The van der Waals surface area contributed by atoms with Gasteiger partial charge in [-0.15, -0.1) is 0 Å². The summed E-state index contributed by atoms with van der Waals surface area (Å²) in [5.74, 6) is -0.192. The normalized spacial score (nSPS) is 10.7. The second-order valence-corrected chi connectivity index (χ2v) is 5.75. The molecule has 0 atom stereocenters. The predicted octanol–water partition coefficient (Wildman–Crippen LogP) is 3.40. The number of carbonyl (C=O) groups is 1. The number of nitrogens with zero attached hydrogens (tertiary/aromatic N) is 2. The number of H-pyrrole nitrogens is 1. The first-order valence-electron chi connectivity index (χ1n) is 7.29. The van der Waals surface area contributed by atoms with Gasteiger partial charge in [-0.05, 0) is 32.0 Å². The van der Waals surface area contributed by atoms with Gasteiger partial charge in [0.15, 0.2) is 0 Å². The SMILES string of the molecule is Cc1nn(-c2ccccc2)c(C)c1CNC(=O)c1cc(Cl)c[nH]1. The monoisotopic (exact) mass is 328 g/mol. The van der Waals surface area contributed by atoms with Gasteiger partial charge < -0.3 is 10.3 Å². The van der Waals surface area contributed by atoms with Gasteiger partial charge in [-0.2, -0.15) is 5.10 Å². The highest BCUT2D eigenvalue weighted by atomic mass is 35.5. The van der Waals surface area contributed by atoms with Crippen molar-refractivity contribution in [2.75, 3.05) is 0 Å². The lowest BCUT2D eigenvalue weighted by molar-refractivity contribution is 0.0946. The lowest BCUT2D eigenvalue weighted by atomic mass is 10.2. The van der Waals surface area contributed by atoms with Gasteiger partial charge in [0, 0.05) is 24.0 Å². The number of carbonyl (C=O) groups excluding carboxylic acids is 1. The molecule has 0 saturated carbocycles. The topological polar surface area (TPSA) is 62.7 Å². The van der Waals surface area contributed by atoms with E-state index in [4.69, 9.17) is 11.6 Å². The third-order valence-corrected chi connectivity index (χ3v) is 3.98. The quantitative estimate of drug-likeness (QED) is 0.771. The Morgan fingerprint density at radius 2 is 2.04 bits per heavy atom. The van der Waals surface area contributed by atoms with E-state index in [2.05, 4.69) is 15.4 Å². The zero-order valence-electron chi connectivity index (χ0n) is 12.9. The van der Waals surface area contributed by atoms with Crippen molar-refractivity contribution in [1.82, 2.24) is 20.1 Å². The van der Waals surface area contributed by atoms with Crippen molar-refractivity contribution < 1.29 is 4.79 Å². The lowest BCUT2D eigenvalue weighted by Crippen LogP contribution is -2.23. The molecule has 0 unspecified atom stereocenters. The van der Waals surface area contributed by atoms with E-state index in [1.165, 1.54) is 0 Å². The number of hydrogen-bond donors (Lipinski definition) is 2. The Bertz CT molecular complexity index is 836. The minimum Gasteiger partial charge on any atom is -0.356 e. The number of aromatic nitrogens is 3. The molecule has 0 spiro atoms. The highest BCUT2D eigenvalue weighted by molar-refractivity contribution is 6.30. The third-order valence-electron chi connectivity index (χ3n) is 3.76. The molecule has 0 fully saturated rings. The van der Waals surface area contributed by atoms with E-state index in [1.807, 2.05) is 48.9 Å². The first-order chi connectivity index (χ1) is 11.1. The Labute approximate surface area is 139 Å². The maximum Gasteiger partial charge on any atom is 0.268 e. The van der Waals surface area contributed by atoms with Gasteiger partial charge in [-0.3, -0.25) is 4.79 Å². The van der Waals surface area contributed by atoms with Crippen LogP contribution < -0.4 is 5.32 Å². The Morgan fingerprint density at radius 1 is 1.30 bits per heavy atom. The van der Waals surface area contributed by atoms with Crippen LogP contribution in [0.1, 0.15) is 27.4 Å². The van der Waals surface area contributed by atoms with Crippen LogP contribution in [-0.2, 0) is 6.54 Å². The van der Waals surface area contributed by atoms with Crippen molar-refractivity contribution in [1.29, 1.82) is 0 Å².